The van der Waals surface area contributed by atoms with Gasteiger partial charge < -0.3 is 14.8 Å². The maximum absolute atomic E-state index is 12.3. The quantitative estimate of drug-likeness (QED) is 0.722. The van der Waals surface area contributed by atoms with Crippen molar-refractivity contribution in [3.8, 4) is 5.75 Å². The Labute approximate surface area is 168 Å². The molecule has 1 amide bonds. The van der Waals surface area contributed by atoms with E-state index in [0.717, 1.165) is 22.2 Å². The fourth-order valence-corrected chi connectivity index (χ4v) is 3.13. The van der Waals surface area contributed by atoms with Crippen LogP contribution in [0.3, 0.4) is 0 Å². The van der Waals surface area contributed by atoms with Crippen LogP contribution < -0.4 is 10.1 Å². The summed E-state index contributed by atoms with van der Waals surface area (Å²) in [5.41, 5.74) is 1.44. The van der Waals surface area contributed by atoms with Crippen LogP contribution >= 0.6 is 15.9 Å². The topological polar surface area (TPSA) is 50.8 Å². The molecule has 0 radical (unpaired) electrons. The SMILES string of the molecule is O=C(CN1CCOC(c2ccc(Br)cc2)C1)Nc1ccc(OC(F)(F)F)cc1. The second kappa shape index (κ2) is 8.93. The summed E-state index contributed by atoms with van der Waals surface area (Å²) in [6, 6.07) is 12.9. The van der Waals surface area contributed by atoms with Gasteiger partial charge in [0.2, 0.25) is 5.91 Å². The molecule has 0 spiro atoms. The number of hydrogen-bond acceptors (Lipinski definition) is 4. The van der Waals surface area contributed by atoms with Gasteiger partial charge in [-0.25, -0.2) is 0 Å². The number of rotatable bonds is 5. The summed E-state index contributed by atoms with van der Waals surface area (Å²) in [6.45, 7) is 1.88. The average Bonchev–Trinajstić information content (AvgIpc) is 2.63. The fourth-order valence-electron chi connectivity index (χ4n) is 2.87. The van der Waals surface area contributed by atoms with E-state index < -0.39 is 6.36 Å². The number of carbonyl (C=O) groups is 1. The Morgan fingerprint density at radius 1 is 1.18 bits per heavy atom. The van der Waals surface area contributed by atoms with Crippen LogP contribution in [0.5, 0.6) is 5.75 Å². The van der Waals surface area contributed by atoms with Crippen LogP contribution in [0, 0.1) is 0 Å². The number of carbonyl (C=O) groups excluding carboxylic acids is 1. The second-order valence-corrected chi connectivity index (χ2v) is 7.18. The van der Waals surface area contributed by atoms with E-state index in [4.69, 9.17) is 4.74 Å². The maximum Gasteiger partial charge on any atom is 0.573 e. The molecule has 28 heavy (non-hydrogen) atoms. The zero-order chi connectivity index (χ0) is 20.1. The molecular weight excluding hydrogens is 441 g/mol. The molecule has 1 N–H and O–H groups in total. The third-order valence-electron chi connectivity index (χ3n) is 4.13. The first-order valence-corrected chi connectivity index (χ1v) is 9.33. The smallest absolute Gasteiger partial charge is 0.406 e. The Morgan fingerprint density at radius 2 is 1.86 bits per heavy atom. The predicted molar refractivity (Wildman–Crippen MR) is 101 cm³/mol. The van der Waals surface area contributed by atoms with Gasteiger partial charge in [-0.2, -0.15) is 0 Å². The summed E-state index contributed by atoms with van der Waals surface area (Å²) >= 11 is 3.40. The molecule has 0 saturated carbocycles. The predicted octanol–water partition coefficient (Wildman–Crippen LogP) is 4.36. The van der Waals surface area contributed by atoms with Crippen molar-refractivity contribution < 1.29 is 27.4 Å². The minimum Gasteiger partial charge on any atom is -0.406 e. The third kappa shape index (κ3) is 6.22. The van der Waals surface area contributed by atoms with Crippen molar-refractivity contribution in [2.45, 2.75) is 12.5 Å². The standard InChI is InChI=1S/C19H18BrF3N2O3/c20-14-3-1-13(2-4-14)17-11-25(9-10-27-17)12-18(26)24-15-5-7-16(8-6-15)28-19(21,22)23/h1-8,17H,9-12H2,(H,24,26). The molecule has 0 aliphatic carbocycles. The number of halogens is 4. The minimum atomic E-state index is -4.74. The van der Waals surface area contributed by atoms with Crippen molar-refractivity contribution >= 4 is 27.5 Å². The Kier molecular flexibility index (Phi) is 6.58. The van der Waals surface area contributed by atoms with E-state index in [1.54, 1.807) is 0 Å². The molecule has 2 aromatic rings. The number of morpholine rings is 1. The van der Waals surface area contributed by atoms with Gasteiger partial charge in [0.05, 0.1) is 19.3 Å². The highest BCUT2D eigenvalue weighted by atomic mass is 79.9. The van der Waals surface area contributed by atoms with Crippen LogP contribution in [0.1, 0.15) is 11.7 Å². The number of alkyl halides is 3. The van der Waals surface area contributed by atoms with Crippen molar-refractivity contribution in [3.05, 3.63) is 58.6 Å². The van der Waals surface area contributed by atoms with Crippen LogP contribution in [-0.4, -0.2) is 43.4 Å². The van der Waals surface area contributed by atoms with Crippen molar-refractivity contribution in [2.24, 2.45) is 0 Å². The summed E-state index contributed by atoms with van der Waals surface area (Å²) in [5.74, 6) is -0.586. The number of benzene rings is 2. The zero-order valence-corrected chi connectivity index (χ0v) is 16.3. The monoisotopic (exact) mass is 458 g/mol. The number of nitrogens with one attached hydrogen (secondary N) is 1. The van der Waals surface area contributed by atoms with Gasteiger partial charge in [-0.1, -0.05) is 28.1 Å². The highest BCUT2D eigenvalue weighted by Gasteiger charge is 2.31. The van der Waals surface area contributed by atoms with Crippen LogP contribution in [0.25, 0.3) is 0 Å². The fraction of sp³-hybridized carbons (Fsp3) is 0.316. The lowest BCUT2D eigenvalue weighted by Crippen LogP contribution is -2.42. The van der Waals surface area contributed by atoms with Gasteiger partial charge in [-0.15, -0.1) is 13.2 Å². The summed E-state index contributed by atoms with van der Waals surface area (Å²) in [6.07, 6.45) is -4.86. The van der Waals surface area contributed by atoms with Gasteiger partial charge in [0, 0.05) is 23.2 Å². The number of amides is 1. The molecule has 1 atom stereocenters. The molecule has 1 unspecified atom stereocenters. The summed E-state index contributed by atoms with van der Waals surface area (Å²) < 4.78 is 47.1. The van der Waals surface area contributed by atoms with Crippen LogP contribution in [-0.2, 0) is 9.53 Å². The molecule has 1 heterocycles. The lowest BCUT2D eigenvalue weighted by Gasteiger charge is -2.32. The Balaban J connectivity index is 1.52. The Morgan fingerprint density at radius 3 is 2.50 bits per heavy atom. The van der Waals surface area contributed by atoms with Gasteiger partial charge >= 0.3 is 6.36 Å². The van der Waals surface area contributed by atoms with E-state index in [1.807, 2.05) is 29.2 Å². The Hall–Kier alpha value is -2.10. The lowest BCUT2D eigenvalue weighted by molar-refractivity contribution is -0.274. The number of ether oxygens (including phenoxy) is 2. The van der Waals surface area contributed by atoms with E-state index in [2.05, 4.69) is 26.0 Å². The van der Waals surface area contributed by atoms with E-state index in [-0.39, 0.29) is 24.3 Å². The van der Waals surface area contributed by atoms with Crippen molar-refractivity contribution in [2.75, 3.05) is 31.6 Å². The molecule has 1 aliphatic heterocycles. The first-order valence-electron chi connectivity index (χ1n) is 8.53. The molecule has 1 aliphatic rings. The van der Waals surface area contributed by atoms with E-state index in [1.165, 1.54) is 12.1 Å². The van der Waals surface area contributed by atoms with Gasteiger partial charge in [0.15, 0.2) is 0 Å². The second-order valence-electron chi connectivity index (χ2n) is 6.27. The molecule has 0 bridgehead atoms. The average molecular weight is 459 g/mol. The number of hydrogen-bond donors (Lipinski definition) is 1. The van der Waals surface area contributed by atoms with Crippen molar-refractivity contribution in [1.29, 1.82) is 0 Å². The minimum absolute atomic E-state index is 0.117. The molecule has 150 valence electrons. The molecule has 3 rings (SSSR count). The molecule has 2 aromatic carbocycles. The van der Waals surface area contributed by atoms with Crippen molar-refractivity contribution in [3.63, 3.8) is 0 Å². The molecule has 1 saturated heterocycles. The summed E-state index contributed by atoms with van der Waals surface area (Å²) in [7, 11) is 0. The van der Waals surface area contributed by atoms with E-state index in [9.17, 15) is 18.0 Å². The first-order chi connectivity index (χ1) is 13.3. The largest absolute Gasteiger partial charge is 0.573 e. The van der Waals surface area contributed by atoms with Crippen molar-refractivity contribution in [1.82, 2.24) is 4.90 Å². The van der Waals surface area contributed by atoms with Crippen LogP contribution in [0.4, 0.5) is 18.9 Å². The third-order valence-corrected chi connectivity index (χ3v) is 4.66. The maximum atomic E-state index is 12.3. The van der Waals surface area contributed by atoms with Gasteiger partial charge in [0.25, 0.3) is 0 Å². The van der Waals surface area contributed by atoms with Gasteiger partial charge in [-0.3, -0.25) is 9.69 Å². The van der Waals surface area contributed by atoms with Gasteiger partial charge in [-0.05, 0) is 42.0 Å². The van der Waals surface area contributed by atoms with Gasteiger partial charge in [0.1, 0.15) is 5.75 Å². The van der Waals surface area contributed by atoms with E-state index in [0.29, 0.717) is 25.4 Å². The molecule has 9 heteroatoms. The highest BCUT2D eigenvalue weighted by molar-refractivity contribution is 9.10. The summed E-state index contributed by atoms with van der Waals surface area (Å²) in [5, 5.41) is 2.68. The number of anilines is 1. The lowest BCUT2D eigenvalue weighted by atomic mass is 10.1. The molecule has 1 fully saturated rings. The summed E-state index contributed by atoms with van der Waals surface area (Å²) in [4.78, 5) is 14.3. The Bertz CT molecular complexity index is 798. The zero-order valence-electron chi connectivity index (χ0n) is 14.7. The first kappa shape index (κ1) is 20.6. The van der Waals surface area contributed by atoms with Crippen LogP contribution in [0.15, 0.2) is 53.0 Å². The van der Waals surface area contributed by atoms with E-state index >= 15 is 0 Å². The molecule has 5 nitrogen and oxygen atoms in total. The highest BCUT2D eigenvalue weighted by Crippen LogP contribution is 2.25. The normalized spacial score (nSPS) is 17.9. The number of nitrogens with zero attached hydrogens (tertiary/aromatic N) is 1. The molecular formula is C19H18BrF3N2O3. The molecule has 0 aromatic heterocycles. The van der Waals surface area contributed by atoms with Crippen LogP contribution in [0.2, 0.25) is 0 Å².